The van der Waals surface area contributed by atoms with Gasteiger partial charge in [-0.3, -0.25) is 0 Å². The molecule has 0 saturated carbocycles. The van der Waals surface area contributed by atoms with E-state index in [0.717, 1.165) is 6.67 Å². The molecule has 0 unspecified atom stereocenters. The minimum atomic E-state index is 0. The van der Waals surface area contributed by atoms with Crippen molar-refractivity contribution in [3.63, 3.8) is 0 Å². The monoisotopic (exact) mass is 500 g/mol. The van der Waals surface area contributed by atoms with E-state index in [9.17, 15) is 0 Å². The van der Waals surface area contributed by atoms with Gasteiger partial charge in [-0.15, -0.1) is 0 Å². The van der Waals surface area contributed by atoms with Crippen molar-refractivity contribution in [2.24, 2.45) is 0 Å². The summed E-state index contributed by atoms with van der Waals surface area (Å²) in [6, 6.07) is 0. The number of halogens is 3. The quantitative estimate of drug-likeness (QED) is 0.238. The van der Waals surface area contributed by atoms with Crippen molar-refractivity contribution in [3.8, 4) is 0 Å². The topological polar surface area (TPSA) is 6.48 Å². The Morgan fingerprint density at radius 3 is 1.46 bits per heavy atom. The summed E-state index contributed by atoms with van der Waals surface area (Å²) < 4.78 is 0. The van der Waals surface area contributed by atoms with E-state index in [4.69, 9.17) is 0 Å². The first-order valence-corrected chi connectivity index (χ1v) is 8.95. The maximum atomic E-state index is 2.41. The predicted octanol–water partition coefficient (Wildman–Crippen LogP) is -4.01. The summed E-state index contributed by atoms with van der Waals surface area (Å²) in [7, 11) is 2.14. The van der Waals surface area contributed by atoms with Crippen molar-refractivity contribution < 1.29 is 37.2 Å². The van der Waals surface area contributed by atoms with E-state index in [-0.39, 0.29) is 63.1 Å². The first-order chi connectivity index (χ1) is 9.83. The minimum Gasteiger partial charge on any atom is -1.00 e. The second-order valence-corrected chi connectivity index (χ2v) is 6.40. The predicted molar refractivity (Wildman–Crippen MR) is 95.3 cm³/mol. The normalized spacial score (nSPS) is 12.1. The van der Waals surface area contributed by atoms with Crippen LogP contribution in [0.25, 0.3) is 0 Å². The fraction of sp³-hybridized carbons (Fsp3) is 0.889. The summed E-state index contributed by atoms with van der Waals surface area (Å²) >= 11 is 0. The Bertz CT molecular complexity index is 256. The molecule has 0 bridgehead atoms. The molecular weight excluding hydrogens is 465 g/mol. The third kappa shape index (κ3) is 19.4. The van der Waals surface area contributed by atoms with Crippen LogP contribution in [0.3, 0.4) is 0 Å². The Morgan fingerprint density at radius 1 is 0.667 bits per heavy atom. The van der Waals surface area contributed by atoms with E-state index in [1.807, 2.05) is 0 Å². The molecule has 0 amide bonds. The molecular formula is C18H36Cl3InN2. The van der Waals surface area contributed by atoms with E-state index in [2.05, 4.69) is 36.2 Å². The van der Waals surface area contributed by atoms with Crippen LogP contribution in [0.2, 0.25) is 0 Å². The van der Waals surface area contributed by atoms with Gasteiger partial charge in [-0.05, 0) is 6.42 Å². The largest absolute Gasteiger partial charge is 3.00 e. The molecule has 0 aromatic carbocycles. The van der Waals surface area contributed by atoms with Crippen molar-refractivity contribution in [2.75, 3.05) is 20.3 Å². The molecule has 1 aliphatic rings. The fourth-order valence-corrected chi connectivity index (χ4v) is 2.89. The summed E-state index contributed by atoms with van der Waals surface area (Å²) in [6.45, 7) is 4.61. The van der Waals surface area contributed by atoms with Crippen molar-refractivity contribution >= 4 is 25.8 Å². The maximum absolute atomic E-state index is 2.41. The number of hydrogen-bond donors (Lipinski definition) is 0. The molecule has 142 valence electrons. The average Bonchev–Trinajstić information content (AvgIpc) is 2.86. The van der Waals surface area contributed by atoms with Gasteiger partial charge in [0.15, 0.2) is 0 Å². The fourth-order valence-electron chi connectivity index (χ4n) is 2.89. The molecule has 0 spiro atoms. The Hall–Kier alpha value is 1.08. The van der Waals surface area contributed by atoms with Gasteiger partial charge in [-0.1, -0.05) is 77.6 Å². The molecule has 0 radical (unpaired) electrons. The zero-order chi connectivity index (χ0) is 14.5. The Kier molecular flexibility index (Phi) is 32.8. The first-order valence-electron chi connectivity index (χ1n) is 8.95. The van der Waals surface area contributed by atoms with E-state index in [0.29, 0.717) is 0 Å². The summed E-state index contributed by atoms with van der Waals surface area (Å²) in [4.78, 5) is 4.65. The molecule has 2 nitrogen and oxygen atoms in total. The molecule has 0 aliphatic carbocycles. The van der Waals surface area contributed by atoms with Gasteiger partial charge in [0.05, 0.1) is 6.67 Å². The van der Waals surface area contributed by atoms with Crippen LogP contribution in [-0.2, 0) is 0 Å². The second kappa shape index (κ2) is 24.1. The zero-order valence-electron chi connectivity index (χ0n) is 15.7. The summed E-state index contributed by atoms with van der Waals surface area (Å²) in [5, 5.41) is 0. The van der Waals surface area contributed by atoms with Crippen LogP contribution in [0.1, 0.15) is 84.0 Å². The maximum Gasteiger partial charge on any atom is 3.00 e. The average molecular weight is 502 g/mol. The molecule has 0 aromatic heterocycles. The Balaban J connectivity index is -0.000000500. The summed E-state index contributed by atoms with van der Waals surface area (Å²) in [5.74, 6) is 0. The van der Waals surface area contributed by atoms with Gasteiger partial charge in [0.2, 0.25) is 0 Å². The molecule has 0 N–H and O–H groups in total. The number of rotatable bonds is 13. The molecule has 0 aromatic rings. The first kappa shape index (κ1) is 32.7. The van der Waals surface area contributed by atoms with E-state index in [1.54, 1.807) is 0 Å². The van der Waals surface area contributed by atoms with E-state index in [1.165, 1.54) is 83.6 Å². The summed E-state index contributed by atoms with van der Waals surface area (Å²) in [6.07, 6.45) is 21.6. The van der Waals surface area contributed by atoms with Crippen LogP contribution in [0, 0.1) is 0 Å². The van der Waals surface area contributed by atoms with Gasteiger partial charge in [0, 0.05) is 26.0 Å². The molecule has 1 heterocycles. The third-order valence-electron chi connectivity index (χ3n) is 4.24. The van der Waals surface area contributed by atoms with Crippen LogP contribution < -0.4 is 37.2 Å². The van der Waals surface area contributed by atoms with Gasteiger partial charge in [-0.2, -0.15) is 0 Å². The standard InChI is InChI=1S/C18H36N2.3ClH.In/c1-3-4-5-6-7-8-9-10-11-12-13-14-15-20-17-16-19(2)18-20;;;;/h16-17H,3-15,18H2,1-2H3;3*1H;/q;;;;+3/p-3. The Morgan fingerprint density at radius 2 is 1.08 bits per heavy atom. The van der Waals surface area contributed by atoms with Gasteiger partial charge in [0.1, 0.15) is 0 Å². The SMILES string of the molecule is CCCCCCCCCCCCCCN1C=CN(C)C1.[Cl-].[Cl-].[Cl-].[In+3]. The van der Waals surface area contributed by atoms with Crippen LogP contribution in [0.5, 0.6) is 0 Å². The minimum absolute atomic E-state index is 0. The van der Waals surface area contributed by atoms with E-state index >= 15 is 0 Å². The number of nitrogens with zero attached hydrogens (tertiary/aromatic N) is 2. The molecule has 1 rings (SSSR count). The zero-order valence-corrected chi connectivity index (χ0v) is 21.2. The van der Waals surface area contributed by atoms with Crippen LogP contribution in [0.4, 0.5) is 0 Å². The van der Waals surface area contributed by atoms with Crippen LogP contribution in [-0.4, -0.2) is 55.9 Å². The molecule has 1 aliphatic heterocycles. The van der Waals surface area contributed by atoms with Crippen LogP contribution in [0.15, 0.2) is 12.4 Å². The Labute approximate surface area is 188 Å². The molecule has 0 fully saturated rings. The summed E-state index contributed by atoms with van der Waals surface area (Å²) in [5.41, 5.74) is 0. The molecule has 24 heavy (non-hydrogen) atoms. The van der Waals surface area contributed by atoms with Gasteiger partial charge < -0.3 is 47.0 Å². The number of hydrogen-bond acceptors (Lipinski definition) is 2. The molecule has 6 heteroatoms. The van der Waals surface area contributed by atoms with Gasteiger partial charge in [-0.25, -0.2) is 0 Å². The van der Waals surface area contributed by atoms with Crippen LogP contribution >= 0.6 is 0 Å². The third-order valence-corrected chi connectivity index (χ3v) is 4.24. The van der Waals surface area contributed by atoms with Crippen molar-refractivity contribution in [2.45, 2.75) is 84.0 Å². The second-order valence-electron chi connectivity index (χ2n) is 6.40. The molecule has 0 saturated heterocycles. The number of unbranched alkanes of at least 4 members (excludes halogenated alkanes) is 11. The van der Waals surface area contributed by atoms with Crippen molar-refractivity contribution in [3.05, 3.63) is 12.4 Å². The van der Waals surface area contributed by atoms with Gasteiger partial charge >= 0.3 is 25.8 Å². The molecule has 0 atom stereocenters. The van der Waals surface area contributed by atoms with Gasteiger partial charge in [0.25, 0.3) is 0 Å². The smallest absolute Gasteiger partial charge is 1.00 e. The van der Waals surface area contributed by atoms with Crippen molar-refractivity contribution in [1.82, 2.24) is 9.80 Å². The van der Waals surface area contributed by atoms with Crippen molar-refractivity contribution in [1.29, 1.82) is 0 Å². The van der Waals surface area contributed by atoms with E-state index < -0.39 is 0 Å².